The second-order valence-corrected chi connectivity index (χ2v) is 2.25. The van der Waals surface area contributed by atoms with Crippen LogP contribution in [0, 0.1) is 5.21 Å². The summed E-state index contributed by atoms with van der Waals surface area (Å²) in [6.45, 7) is 0.455. The van der Waals surface area contributed by atoms with Crippen molar-refractivity contribution in [1.29, 1.82) is 0 Å². The van der Waals surface area contributed by atoms with Gasteiger partial charge in [0.1, 0.15) is 0 Å². The zero-order valence-corrected chi connectivity index (χ0v) is 5.67. The highest BCUT2D eigenvalue weighted by atomic mass is 16.5. The Hall–Kier alpha value is -0.650. The summed E-state index contributed by atoms with van der Waals surface area (Å²) in [5.74, 6) is -0.961. The number of carboxylic acids is 1. The lowest BCUT2D eigenvalue weighted by Gasteiger charge is -2.19. The minimum Gasteiger partial charge on any atom is -0.634 e. The molecule has 10 heavy (non-hydrogen) atoms. The van der Waals surface area contributed by atoms with Crippen LogP contribution in [0.2, 0.25) is 0 Å². The average Bonchev–Trinajstić information content (AvgIpc) is 2.13. The minimum atomic E-state index is -0.961. The van der Waals surface area contributed by atoms with Gasteiger partial charge in [0.2, 0.25) is 0 Å². The van der Waals surface area contributed by atoms with Crippen LogP contribution >= 0.6 is 0 Å². The summed E-state index contributed by atoms with van der Waals surface area (Å²) in [4.78, 5) is 10.2. The number of carbonyl (C=O) groups is 1. The summed E-state index contributed by atoms with van der Waals surface area (Å²) in [5, 5.41) is 18.9. The van der Waals surface area contributed by atoms with Gasteiger partial charge in [0, 0.05) is 12.8 Å². The Bertz CT molecular complexity index is 128. The third kappa shape index (κ3) is 1.66. The number of quaternary nitrogens is 1. The quantitative estimate of drug-likeness (QED) is 0.406. The summed E-state index contributed by atoms with van der Waals surface area (Å²) < 4.78 is 0. The molecule has 5 N–H and O–H groups in total. The number of rotatable bonds is 1. The van der Waals surface area contributed by atoms with E-state index in [9.17, 15) is 10.0 Å². The molecule has 0 amide bonds. The fourth-order valence-electron chi connectivity index (χ4n) is 1.08. The van der Waals surface area contributed by atoms with E-state index < -0.39 is 12.0 Å². The lowest BCUT2D eigenvalue weighted by atomic mass is 10.2. The Kier molecular flexibility index (Phi) is 3.27. The number of hydroxylamine groups is 2. The molecule has 0 radical (unpaired) electrons. The van der Waals surface area contributed by atoms with Crippen molar-refractivity contribution < 1.29 is 15.0 Å². The molecule has 1 heterocycles. The fraction of sp³-hybridized carbons (Fsp3) is 0.800. The minimum absolute atomic E-state index is 0. The summed E-state index contributed by atoms with van der Waals surface area (Å²) in [5.41, 5.74) is 0. The number of aliphatic carboxylic acids is 1. The van der Waals surface area contributed by atoms with E-state index in [4.69, 9.17) is 5.11 Å². The zero-order chi connectivity index (χ0) is 6.85. The first-order valence-corrected chi connectivity index (χ1v) is 2.97. The molecule has 0 aromatic heterocycles. The molecule has 5 heteroatoms. The van der Waals surface area contributed by atoms with E-state index in [0.29, 0.717) is 13.0 Å². The topological polar surface area (TPSA) is 99.8 Å². The second kappa shape index (κ2) is 3.50. The largest absolute Gasteiger partial charge is 0.634 e. The van der Waals surface area contributed by atoms with E-state index >= 15 is 0 Å². The van der Waals surface area contributed by atoms with Crippen LogP contribution in [0.15, 0.2) is 0 Å². The highest BCUT2D eigenvalue weighted by Crippen LogP contribution is 1.98. The van der Waals surface area contributed by atoms with E-state index in [1.54, 1.807) is 0 Å². The van der Waals surface area contributed by atoms with Crippen molar-refractivity contribution in [3.63, 3.8) is 0 Å². The van der Waals surface area contributed by atoms with Gasteiger partial charge in [-0.1, -0.05) is 0 Å². The highest BCUT2D eigenvalue weighted by Gasteiger charge is 2.28. The summed E-state index contributed by atoms with van der Waals surface area (Å²) in [6, 6.07) is -0.690. The molecule has 1 aliphatic heterocycles. The van der Waals surface area contributed by atoms with Gasteiger partial charge < -0.3 is 21.5 Å². The maximum absolute atomic E-state index is 10.6. The predicted octanol–water partition coefficient (Wildman–Crippen LogP) is -1.22. The molecule has 1 saturated heterocycles. The molecule has 0 aromatic carbocycles. The van der Waals surface area contributed by atoms with Crippen molar-refractivity contribution in [3.05, 3.63) is 5.21 Å². The maximum Gasteiger partial charge on any atom is 0.362 e. The van der Waals surface area contributed by atoms with Crippen molar-refractivity contribution in [2.75, 3.05) is 6.54 Å². The van der Waals surface area contributed by atoms with Crippen LogP contribution in [0.4, 0.5) is 0 Å². The molecule has 1 rings (SSSR count). The van der Waals surface area contributed by atoms with Crippen LogP contribution in [-0.2, 0) is 4.79 Å². The van der Waals surface area contributed by atoms with Crippen molar-refractivity contribution in [2.24, 2.45) is 0 Å². The van der Waals surface area contributed by atoms with Crippen LogP contribution in [0.5, 0.6) is 0 Å². The van der Waals surface area contributed by atoms with E-state index in [2.05, 4.69) is 0 Å². The van der Waals surface area contributed by atoms with Gasteiger partial charge >= 0.3 is 5.97 Å². The molecule has 1 fully saturated rings. The SMILES string of the molecule is N.O=C(O)C1CCC[NH+]1[O-]. The first-order chi connectivity index (χ1) is 4.22. The molecule has 0 bridgehead atoms. The molecular weight excluding hydrogens is 136 g/mol. The van der Waals surface area contributed by atoms with Crippen LogP contribution < -0.4 is 11.2 Å². The fourth-order valence-corrected chi connectivity index (χ4v) is 1.08. The standard InChI is InChI=1S/C5H9NO3.H3N/c7-5(8)4-2-1-3-6(4)9;/h4,6H,1-3H2,(H,7,8);1H3. The molecule has 5 nitrogen and oxygen atoms in total. The lowest BCUT2D eigenvalue weighted by Crippen LogP contribution is -3.10. The third-order valence-corrected chi connectivity index (χ3v) is 1.60. The second-order valence-electron chi connectivity index (χ2n) is 2.25. The van der Waals surface area contributed by atoms with Gasteiger partial charge in [-0.25, -0.2) is 4.79 Å². The van der Waals surface area contributed by atoms with Gasteiger partial charge in [-0.3, -0.25) is 0 Å². The van der Waals surface area contributed by atoms with Crippen LogP contribution in [0.3, 0.4) is 0 Å². The van der Waals surface area contributed by atoms with Gasteiger partial charge in [-0.15, -0.1) is 0 Å². The lowest BCUT2D eigenvalue weighted by molar-refractivity contribution is -0.851. The van der Waals surface area contributed by atoms with Gasteiger partial charge in [0.05, 0.1) is 6.54 Å². The van der Waals surface area contributed by atoms with Gasteiger partial charge in [-0.2, -0.15) is 0 Å². The van der Waals surface area contributed by atoms with Gasteiger partial charge in [0.15, 0.2) is 6.04 Å². The van der Waals surface area contributed by atoms with Crippen LogP contribution in [0.1, 0.15) is 12.8 Å². The van der Waals surface area contributed by atoms with E-state index in [-0.39, 0.29) is 11.2 Å². The molecule has 60 valence electrons. The number of nitrogens with one attached hydrogen (secondary N) is 1. The molecule has 0 saturated carbocycles. The Morgan fingerprint density at radius 2 is 2.30 bits per heavy atom. The van der Waals surface area contributed by atoms with Crippen LogP contribution in [-0.4, -0.2) is 23.7 Å². The summed E-state index contributed by atoms with van der Waals surface area (Å²) in [7, 11) is 0. The van der Waals surface area contributed by atoms with E-state index in [1.807, 2.05) is 0 Å². The van der Waals surface area contributed by atoms with Gasteiger partial charge in [-0.05, 0) is 0 Å². The summed E-state index contributed by atoms with van der Waals surface area (Å²) in [6.07, 6.45) is 1.28. The number of hydrogen-bond donors (Lipinski definition) is 3. The Balaban J connectivity index is 0.000000810. The van der Waals surface area contributed by atoms with E-state index in [1.165, 1.54) is 0 Å². The maximum atomic E-state index is 10.6. The molecule has 2 unspecified atom stereocenters. The number of carboxylic acid groups (broad SMARTS) is 1. The van der Waals surface area contributed by atoms with Crippen LogP contribution in [0.25, 0.3) is 0 Å². The van der Waals surface area contributed by atoms with Gasteiger partial charge in [0.25, 0.3) is 0 Å². The molecule has 0 aromatic rings. The zero-order valence-electron chi connectivity index (χ0n) is 5.67. The normalized spacial score (nSPS) is 31.3. The first kappa shape index (κ1) is 9.35. The molecule has 0 spiro atoms. The van der Waals surface area contributed by atoms with Crippen molar-refractivity contribution in [2.45, 2.75) is 18.9 Å². The average molecular weight is 148 g/mol. The van der Waals surface area contributed by atoms with Crippen molar-refractivity contribution in [1.82, 2.24) is 6.15 Å². The molecule has 1 aliphatic rings. The van der Waals surface area contributed by atoms with Crippen molar-refractivity contribution in [3.8, 4) is 0 Å². The Morgan fingerprint density at radius 3 is 2.50 bits per heavy atom. The first-order valence-electron chi connectivity index (χ1n) is 2.97. The van der Waals surface area contributed by atoms with E-state index in [0.717, 1.165) is 6.42 Å². The Morgan fingerprint density at radius 1 is 1.70 bits per heavy atom. The predicted molar refractivity (Wildman–Crippen MR) is 34.9 cm³/mol. The highest BCUT2D eigenvalue weighted by molar-refractivity contribution is 5.71. The Labute approximate surface area is 58.8 Å². The molecule has 0 aliphatic carbocycles. The monoisotopic (exact) mass is 148 g/mol. The third-order valence-electron chi connectivity index (χ3n) is 1.60. The number of hydrogen-bond acceptors (Lipinski definition) is 3. The van der Waals surface area contributed by atoms with Crippen molar-refractivity contribution >= 4 is 5.97 Å². The smallest absolute Gasteiger partial charge is 0.362 e. The molecular formula is C5H12N2O3. The molecule has 2 atom stereocenters. The summed E-state index contributed by atoms with van der Waals surface area (Å²) >= 11 is 0.